The summed E-state index contributed by atoms with van der Waals surface area (Å²) in [5.74, 6) is 0.452. The smallest absolute Gasteiger partial charge is 0.251 e. The Labute approximate surface area is 115 Å². The molecule has 0 aliphatic heterocycles. The standard InChI is InChI=1S/C15H22ClNO/c1-10(2)13-5-7-14(8-6-13)15(18)17-12(4)9-11(3)16/h5-8,10-12H,9H2,1-4H3,(H,17,18). The zero-order chi connectivity index (χ0) is 13.7. The van der Waals surface area contributed by atoms with Gasteiger partial charge in [0.15, 0.2) is 0 Å². The first-order valence-corrected chi connectivity index (χ1v) is 6.88. The van der Waals surface area contributed by atoms with E-state index in [1.165, 1.54) is 5.56 Å². The highest BCUT2D eigenvalue weighted by atomic mass is 35.5. The second-order valence-corrected chi connectivity index (χ2v) is 5.91. The molecule has 1 aromatic carbocycles. The minimum atomic E-state index is -0.0323. The summed E-state index contributed by atoms with van der Waals surface area (Å²) in [6.45, 7) is 8.18. The van der Waals surface area contributed by atoms with Crippen LogP contribution in [0, 0.1) is 0 Å². The zero-order valence-corrected chi connectivity index (χ0v) is 12.3. The lowest BCUT2D eigenvalue weighted by Crippen LogP contribution is -2.33. The molecule has 0 fully saturated rings. The van der Waals surface area contributed by atoms with Gasteiger partial charge in [-0.1, -0.05) is 26.0 Å². The number of halogens is 1. The van der Waals surface area contributed by atoms with Crippen molar-refractivity contribution in [3.05, 3.63) is 35.4 Å². The fraction of sp³-hybridized carbons (Fsp3) is 0.533. The fourth-order valence-corrected chi connectivity index (χ4v) is 2.14. The molecule has 0 aromatic heterocycles. The molecule has 2 atom stereocenters. The van der Waals surface area contributed by atoms with E-state index in [0.717, 1.165) is 6.42 Å². The van der Waals surface area contributed by atoms with E-state index in [0.29, 0.717) is 11.5 Å². The summed E-state index contributed by atoms with van der Waals surface area (Å²) in [5.41, 5.74) is 1.95. The highest BCUT2D eigenvalue weighted by Gasteiger charge is 2.11. The summed E-state index contributed by atoms with van der Waals surface area (Å²) in [7, 11) is 0. The largest absolute Gasteiger partial charge is 0.350 e. The lowest BCUT2D eigenvalue weighted by molar-refractivity contribution is 0.0938. The van der Waals surface area contributed by atoms with E-state index in [1.54, 1.807) is 0 Å². The fourth-order valence-electron chi connectivity index (χ4n) is 1.87. The van der Waals surface area contributed by atoms with Gasteiger partial charge in [0.05, 0.1) is 0 Å². The molecule has 0 radical (unpaired) electrons. The van der Waals surface area contributed by atoms with Crippen molar-refractivity contribution in [2.75, 3.05) is 0 Å². The molecule has 1 amide bonds. The van der Waals surface area contributed by atoms with Crippen LogP contribution >= 0.6 is 11.6 Å². The lowest BCUT2D eigenvalue weighted by atomic mass is 10.0. The molecule has 1 rings (SSSR count). The molecule has 2 nitrogen and oxygen atoms in total. The Bertz CT molecular complexity index is 384. The molecule has 0 bridgehead atoms. The summed E-state index contributed by atoms with van der Waals surface area (Å²) in [6, 6.07) is 7.86. The van der Waals surface area contributed by atoms with Crippen LogP contribution in [0.4, 0.5) is 0 Å². The van der Waals surface area contributed by atoms with Gasteiger partial charge in [0.1, 0.15) is 0 Å². The van der Waals surface area contributed by atoms with Crippen LogP contribution in [0.15, 0.2) is 24.3 Å². The van der Waals surface area contributed by atoms with Crippen LogP contribution in [0.2, 0.25) is 0 Å². The number of nitrogens with one attached hydrogen (secondary N) is 1. The summed E-state index contributed by atoms with van der Waals surface area (Å²) < 4.78 is 0. The monoisotopic (exact) mass is 267 g/mol. The van der Waals surface area contributed by atoms with Crippen molar-refractivity contribution < 1.29 is 4.79 Å². The maximum Gasteiger partial charge on any atom is 0.251 e. The van der Waals surface area contributed by atoms with Crippen LogP contribution in [-0.2, 0) is 0 Å². The van der Waals surface area contributed by atoms with Gasteiger partial charge in [-0.05, 0) is 43.9 Å². The first-order valence-electron chi connectivity index (χ1n) is 6.45. The third-order valence-corrected chi connectivity index (χ3v) is 3.07. The van der Waals surface area contributed by atoms with Crippen LogP contribution in [0.5, 0.6) is 0 Å². The highest BCUT2D eigenvalue weighted by Crippen LogP contribution is 2.15. The Balaban J connectivity index is 2.61. The van der Waals surface area contributed by atoms with Crippen LogP contribution in [-0.4, -0.2) is 17.3 Å². The van der Waals surface area contributed by atoms with Gasteiger partial charge in [0.2, 0.25) is 0 Å². The normalized spacial score (nSPS) is 14.3. The van der Waals surface area contributed by atoms with Gasteiger partial charge < -0.3 is 5.32 Å². The van der Waals surface area contributed by atoms with E-state index in [-0.39, 0.29) is 17.3 Å². The zero-order valence-electron chi connectivity index (χ0n) is 11.5. The van der Waals surface area contributed by atoms with Gasteiger partial charge in [0.25, 0.3) is 5.91 Å². The molecule has 0 heterocycles. The Kier molecular flexibility index (Phi) is 5.67. The van der Waals surface area contributed by atoms with Gasteiger partial charge in [-0.2, -0.15) is 0 Å². The van der Waals surface area contributed by atoms with Gasteiger partial charge >= 0.3 is 0 Å². The molecule has 0 aliphatic rings. The number of benzene rings is 1. The number of hydrogen-bond donors (Lipinski definition) is 1. The molecule has 100 valence electrons. The quantitative estimate of drug-likeness (QED) is 0.805. The molecule has 0 saturated heterocycles. The van der Waals surface area contributed by atoms with Crippen LogP contribution < -0.4 is 5.32 Å². The average Bonchev–Trinajstić information content (AvgIpc) is 2.27. The molecule has 0 saturated carbocycles. The first kappa shape index (κ1) is 15.0. The van der Waals surface area contributed by atoms with Crippen molar-refractivity contribution in [1.29, 1.82) is 0 Å². The van der Waals surface area contributed by atoms with Crippen LogP contribution in [0.1, 0.15) is 56.0 Å². The lowest BCUT2D eigenvalue weighted by Gasteiger charge is -2.15. The Morgan fingerprint density at radius 3 is 2.17 bits per heavy atom. The van der Waals surface area contributed by atoms with E-state index >= 15 is 0 Å². The van der Waals surface area contributed by atoms with Gasteiger partial charge in [-0.25, -0.2) is 0 Å². The van der Waals surface area contributed by atoms with Crippen molar-refractivity contribution in [3.63, 3.8) is 0 Å². The molecule has 0 spiro atoms. The van der Waals surface area contributed by atoms with E-state index in [1.807, 2.05) is 38.1 Å². The Morgan fingerprint density at radius 1 is 1.17 bits per heavy atom. The van der Waals surface area contributed by atoms with Gasteiger partial charge in [0, 0.05) is 17.0 Å². The predicted octanol–water partition coefficient (Wildman–Crippen LogP) is 3.95. The number of carbonyl (C=O) groups is 1. The van der Waals surface area contributed by atoms with Crippen LogP contribution in [0.3, 0.4) is 0 Å². The molecule has 0 aliphatic carbocycles. The predicted molar refractivity (Wildman–Crippen MR) is 77.4 cm³/mol. The first-order chi connectivity index (χ1) is 8.40. The molecule has 1 aromatic rings. The topological polar surface area (TPSA) is 29.1 Å². The SMILES string of the molecule is CC(Cl)CC(C)NC(=O)c1ccc(C(C)C)cc1. The molecule has 18 heavy (non-hydrogen) atoms. The minimum absolute atomic E-state index is 0.0323. The molecule has 2 unspecified atom stereocenters. The van der Waals surface area contributed by atoms with Gasteiger partial charge in [-0.3, -0.25) is 4.79 Å². The van der Waals surface area contributed by atoms with Crippen molar-refractivity contribution in [1.82, 2.24) is 5.32 Å². The second kappa shape index (κ2) is 6.79. The molecular weight excluding hydrogens is 246 g/mol. The van der Waals surface area contributed by atoms with Gasteiger partial charge in [-0.15, -0.1) is 11.6 Å². The number of alkyl halides is 1. The summed E-state index contributed by atoms with van der Waals surface area (Å²) >= 11 is 5.91. The van der Waals surface area contributed by atoms with Crippen molar-refractivity contribution in [3.8, 4) is 0 Å². The summed E-state index contributed by atoms with van der Waals surface area (Å²) in [6.07, 6.45) is 0.775. The summed E-state index contributed by atoms with van der Waals surface area (Å²) in [5, 5.41) is 3.03. The van der Waals surface area contributed by atoms with E-state index in [4.69, 9.17) is 11.6 Å². The molecule has 3 heteroatoms. The third-order valence-electron chi connectivity index (χ3n) is 2.90. The Hall–Kier alpha value is -1.02. The van der Waals surface area contributed by atoms with E-state index in [9.17, 15) is 4.79 Å². The second-order valence-electron chi connectivity index (χ2n) is 5.17. The highest BCUT2D eigenvalue weighted by molar-refractivity contribution is 6.20. The Morgan fingerprint density at radius 2 is 1.72 bits per heavy atom. The van der Waals surface area contributed by atoms with E-state index < -0.39 is 0 Å². The van der Waals surface area contributed by atoms with Crippen molar-refractivity contribution in [2.24, 2.45) is 0 Å². The number of amides is 1. The van der Waals surface area contributed by atoms with Crippen molar-refractivity contribution >= 4 is 17.5 Å². The average molecular weight is 268 g/mol. The minimum Gasteiger partial charge on any atom is -0.350 e. The van der Waals surface area contributed by atoms with Crippen molar-refractivity contribution in [2.45, 2.75) is 51.5 Å². The maximum atomic E-state index is 12.0. The maximum absolute atomic E-state index is 12.0. The number of hydrogen-bond acceptors (Lipinski definition) is 1. The number of rotatable bonds is 5. The third kappa shape index (κ3) is 4.69. The summed E-state index contributed by atoms with van der Waals surface area (Å²) in [4.78, 5) is 12.0. The molecule has 1 N–H and O–H groups in total. The number of carbonyl (C=O) groups excluding carboxylic acids is 1. The van der Waals surface area contributed by atoms with Crippen LogP contribution in [0.25, 0.3) is 0 Å². The molecular formula is C15H22ClNO. The van der Waals surface area contributed by atoms with E-state index in [2.05, 4.69) is 19.2 Å².